The summed E-state index contributed by atoms with van der Waals surface area (Å²) in [6, 6.07) is 12.0. The van der Waals surface area contributed by atoms with Crippen molar-refractivity contribution in [2.24, 2.45) is 16.5 Å². The molecule has 0 aliphatic heterocycles. The lowest BCUT2D eigenvalue weighted by atomic mass is 10.1. The topological polar surface area (TPSA) is 137 Å². The van der Waals surface area contributed by atoms with E-state index in [4.69, 9.17) is 16.2 Å². The Kier molecular flexibility index (Phi) is 6.54. The van der Waals surface area contributed by atoms with Gasteiger partial charge in [-0.15, -0.1) is 0 Å². The van der Waals surface area contributed by atoms with E-state index in [1.54, 1.807) is 36.4 Å². The van der Waals surface area contributed by atoms with Crippen LogP contribution in [0, 0.1) is 6.92 Å². The molecule has 0 heterocycles. The number of rotatable bonds is 7. The molecule has 5 N–H and O–H groups in total. The lowest BCUT2D eigenvalue weighted by Crippen LogP contribution is -2.42. The van der Waals surface area contributed by atoms with Crippen molar-refractivity contribution in [2.75, 3.05) is 7.11 Å². The van der Waals surface area contributed by atoms with Crippen LogP contribution >= 0.6 is 0 Å². The van der Waals surface area contributed by atoms with Gasteiger partial charge < -0.3 is 16.2 Å². The minimum atomic E-state index is -3.88. The maximum atomic E-state index is 12.6. The van der Waals surface area contributed by atoms with Gasteiger partial charge >= 0.3 is 5.97 Å². The molecule has 9 heteroatoms. The molecule has 0 amide bonds. The molecule has 0 fully saturated rings. The summed E-state index contributed by atoms with van der Waals surface area (Å²) in [7, 11) is -2.68. The Bertz CT molecular complexity index is 919. The van der Waals surface area contributed by atoms with Gasteiger partial charge in [-0.1, -0.05) is 29.8 Å². The lowest BCUT2D eigenvalue weighted by Gasteiger charge is -2.17. The van der Waals surface area contributed by atoms with E-state index in [1.807, 2.05) is 6.92 Å². The molecule has 27 heavy (non-hydrogen) atoms. The monoisotopic (exact) mass is 390 g/mol. The van der Waals surface area contributed by atoms with Gasteiger partial charge in [0, 0.05) is 0 Å². The molecule has 144 valence electrons. The summed E-state index contributed by atoms with van der Waals surface area (Å²) in [5.41, 5.74) is 12.8. The van der Waals surface area contributed by atoms with Crippen LogP contribution in [0.15, 0.2) is 58.4 Å². The van der Waals surface area contributed by atoms with Crippen LogP contribution in [0.3, 0.4) is 0 Å². The molecule has 0 saturated carbocycles. The van der Waals surface area contributed by atoms with Gasteiger partial charge in [0.2, 0.25) is 10.0 Å². The van der Waals surface area contributed by atoms with Crippen LogP contribution in [0.1, 0.15) is 11.1 Å². The van der Waals surface area contributed by atoms with Crippen LogP contribution in [0.2, 0.25) is 0 Å². The maximum Gasteiger partial charge on any atom is 0.324 e. The molecule has 0 unspecified atom stereocenters. The van der Waals surface area contributed by atoms with Crippen LogP contribution in [0.4, 0.5) is 5.69 Å². The predicted octanol–water partition coefficient (Wildman–Crippen LogP) is 0.963. The molecular formula is C18H22N4O4S. The number of aryl methyl sites for hydroxylation is 1. The number of nitrogens with zero attached hydrogens (tertiary/aromatic N) is 1. The predicted molar refractivity (Wildman–Crippen MR) is 103 cm³/mol. The normalized spacial score (nSPS) is 12.2. The summed E-state index contributed by atoms with van der Waals surface area (Å²) in [5, 5.41) is 0. The van der Waals surface area contributed by atoms with Gasteiger partial charge in [-0.2, -0.15) is 4.72 Å². The van der Waals surface area contributed by atoms with Crippen molar-refractivity contribution in [2.45, 2.75) is 24.3 Å². The summed E-state index contributed by atoms with van der Waals surface area (Å²) in [4.78, 5) is 16.1. The second-order valence-electron chi connectivity index (χ2n) is 5.92. The number of sulfonamides is 1. The lowest BCUT2D eigenvalue weighted by molar-refractivity contribution is -0.142. The fourth-order valence-corrected chi connectivity index (χ4v) is 3.56. The second kappa shape index (κ2) is 8.65. The van der Waals surface area contributed by atoms with E-state index < -0.39 is 22.0 Å². The number of benzene rings is 2. The molecule has 0 spiro atoms. The standard InChI is InChI=1S/C18H22N4O4S/c1-12-3-9-15(10-4-12)27(24,25)22-16(17(23)26-2)11-13-5-7-14(8-6-13)21-18(19)20/h3-10,16,22H,11H2,1-2H3,(H4,19,20,21)/t16-/m0/s1. The number of esters is 1. The Morgan fingerprint density at radius 3 is 2.22 bits per heavy atom. The fraction of sp³-hybridized carbons (Fsp3) is 0.222. The largest absolute Gasteiger partial charge is 0.468 e. The van der Waals surface area contributed by atoms with Crippen molar-refractivity contribution in [3.63, 3.8) is 0 Å². The zero-order valence-electron chi connectivity index (χ0n) is 15.0. The Hall–Kier alpha value is -2.91. The number of methoxy groups -OCH3 is 1. The second-order valence-corrected chi connectivity index (χ2v) is 7.63. The van der Waals surface area contributed by atoms with Crippen molar-refractivity contribution in [1.29, 1.82) is 0 Å². The van der Waals surface area contributed by atoms with Crippen LogP contribution in [0.5, 0.6) is 0 Å². The van der Waals surface area contributed by atoms with Gasteiger partial charge in [0.25, 0.3) is 0 Å². The van der Waals surface area contributed by atoms with E-state index >= 15 is 0 Å². The first kappa shape index (κ1) is 20.4. The number of hydrogen-bond acceptors (Lipinski definition) is 5. The Labute approximate surface area is 158 Å². The Morgan fingerprint density at radius 2 is 1.70 bits per heavy atom. The summed E-state index contributed by atoms with van der Waals surface area (Å²) in [6.45, 7) is 1.85. The summed E-state index contributed by atoms with van der Waals surface area (Å²) in [5.74, 6) is -0.750. The van der Waals surface area contributed by atoms with Crippen molar-refractivity contribution in [3.05, 3.63) is 59.7 Å². The van der Waals surface area contributed by atoms with Gasteiger partial charge in [-0.3, -0.25) is 4.79 Å². The number of nitrogens with two attached hydrogens (primary N) is 2. The highest BCUT2D eigenvalue weighted by Crippen LogP contribution is 2.16. The first-order valence-corrected chi connectivity index (χ1v) is 9.55. The summed E-state index contributed by atoms with van der Waals surface area (Å²) in [6.07, 6.45) is 0.111. The van der Waals surface area contributed by atoms with Crippen LogP contribution in [-0.4, -0.2) is 33.5 Å². The Balaban J connectivity index is 2.21. The molecule has 0 aromatic heterocycles. The zero-order valence-corrected chi connectivity index (χ0v) is 15.9. The first-order chi connectivity index (χ1) is 12.7. The van der Waals surface area contributed by atoms with E-state index in [2.05, 4.69) is 9.71 Å². The molecule has 1 atom stereocenters. The van der Waals surface area contributed by atoms with Crippen molar-refractivity contribution in [1.82, 2.24) is 4.72 Å². The third-order valence-electron chi connectivity index (χ3n) is 3.75. The quantitative estimate of drug-likeness (QED) is 0.366. The van der Waals surface area contributed by atoms with Gasteiger partial charge in [0.05, 0.1) is 17.7 Å². The number of nitrogens with one attached hydrogen (secondary N) is 1. The molecule has 0 aliphatic carbocycles. The number of carbonyl (C=O) groups excluding carboxylic acids is 1. The smallest absolute Gasteiger partial charge is 0.324 e. The number of hydrogen-bond donors (Lipinski definition) is 3. The van der Waals surface area contributed by atoms with Crippen molar-refractivity contribution >= 4 is 27.6 Å². The van der Waals surface area contributed by atoms with Crippen molar-refractivity contribution < 1.29 is 17.9 Å². The van der Waals surface area contributed by atoms with E-state index in [0.717, 1.165) is 5.56 Å². The summed E-state index contributed by atoms with van der Waals surface area (Å²) >= 11 is 0. The summed E-state index contributed by atoms with van der Waals surface area (Å²) < 4.78 is 32.3. The van der Waals surface area contributed by atoms with E-state index in [9.17, 15) is 13.2 Å². The number of aliphatic imine (C=N–C) groups is 1. The third-order valence-corrected chi connectivity index (χ3v) is 5.24. The molecule has 0 bridgehead atoms. The van der Waals surface area contributed by atoms with E-state index in [1.165, 1.54) is 19.2 Å². The van der Waals surface area contributed by atoms with E-state index in [-0.39, 0.29) is 17.3 Å². The highest BCUT2D eigenvalue weighted by Gasteiger charge is 2.26. The fourth-order valence-electron chi connectivity index (χ4n) is 2.38. The molecule has 2 aromatic carbocycles. The van der Waals surface area contributed by atoms with Gasteiger partial charge in [-0.25, -0.2) is 13.4 Å². The minimum absolute atomic E-state index is 0.0685. The maximum absolute atomic E-state index is 12.6. The van der Waals surface area contributed by atoms with Crippen molar-refractivity contribution in [3.8, 4) is 0 Å². The first-order valence-electron chi connectivity index (χ1n) is 8.06. The molecule has 2 aromatic rings. The van der Waals surface area contributed by atoms with Crippen LogP contribution in [-0.2, 0) is 26.0 Å². The number of ether oxygens (including phenoxy) is 1. The van der Waals surface area contributed by atoms with Gasteiger partial charge in [0.15, 0.2) is 5.96 Å². The molecular weight excluding hydrogens is 368 g/mol. The highest BCUT2D eigenvalue weighted by atomic mass is 32.2. The minimum Gasteiger partial charge on any atom is -0.468 e. The number of carbonyl (C=O) groups is 1. The molecule has 0 radical (unpaired) electrons. The van der Waals surface area contributed by atoms with Crippen LogP contribution < -0.4 is 16.2 Å². The average molecular weight is 390 g/mol. The number of guanidine groups is 1. The highest BCUT2D eigenvalue weighted by molar-refractivity contribution is 7.89. The molecule has 0 saturated heterocycles. The SMILES string of the molecule is COC(=O)[C@H](Cc1ccc(N=C(N)N)cc1)NS(=O)(=O)c1ccc(C)cc1. The Morgan fingerprint density at radius 1 is 1.11 bits per heavy atom. The van der Waals surface area contributed by atoms with Gasteiger partial charge in [0.1, 0.15) is 6.04 Å². The molecule has 0 aliphatic rings. The van der Waals surface area contributed by atoms with Gasteiger partial charge in [-0.05, 0) is 43.2 Å². The average Bonchev–Trinajstić information content (AvgIpc) is 2.62. The van der Waals surface area contributed by atoms with E-state index in [0.29, 0.717) is 11.3 Å². The zero-order chi connectivity index (χ0) is 20.0. The van der Waals surface area contributed by atoms with Crippen LogP contribution in [0.25, 0.3) is 0 Å². The molecule has 2 rings (SSSR count). The molecule has 8 nitrogen and oxygen atoms in total. The third kappa shape index (κ3) is 5.80.